The predicted octanol–water partition coefficient (Wildman–Crippen LogP) is -0.0428. The average molecular weight is 303 g/mol. The number of benzene rings is 1. The van der Waals surface area contributed by atoms with Crippen molar-refractivity contribution in [2.24, 2.45) is 0 Å². The van der Waals surface area contributed by atoms with Crippen molar-refractivity contribution in [1.29, 1.82) is 0 Å². The Hall–Kier alpha value is 0.126. The normalized spacial score (nSPS) is 8.94. The van der Waals surface area contributed by atoms with E-state index in [0.717, 1.165) is 25.3 Å². The largest absolute Gasteiger partial charge is 2.00 e. The predicted molar refractivity (Wildman–Crippen MR) is 56.0 cm³/mol. The number of halogens is 3. The summed E-state index contributed by atoms with van der Waals surface area (Å²) in [5, 5.41) is 0. The molecule has 16 heavy (non-hydrogen) atoms. The summed E-state index contributed by atoms with van der Waals surface area (Å²) in [5.74, 6) is -1.90. The van der Waals surface area contributed by atoms with E-state index in [1.807, 2.05) is 0 Å². The van der Waals surface area contributed by atoms with E-state index in [2.05, 4.69) is 13.0 Å². The molecule has 0 aliphatic rings. The Kier molecular flexibility index (Phi) is 11.9. The number of rotatable bonds is 5. The van der Waals surface area contributed by atoms with Gasteiger partial charge in [-0.05, 0) is 6.42 Å². The molecule has 86 valence electrons. The van der Waals surface area contributed by atoms with Gasteiger partial charge in [0.1, 0.15) is 0 Å². The van der Waals surface area contributed by atoms with Crippen molar-refractivity contribution >= 4 is 23.1 Å². The number of ether oxygens (including phenoxy) is 1. The van der Waals surface area contributed by atoms with Crippen molar-refractivity contribution in [3.8, 4) is 5.75 Å². The quantitative estimate of drug-likeness (QED) is 0.421. The monoisotopic (exact) mass is 302 g/mol. The van der Waals surface area contributed by atoms with Crippen LogP contribution in [0.1, 0.15) is 26.2 Å². The minimum Gasteiger partial charge on any atom is -1.00 e. The summed E-state index contributed by atoms with van der Waals surface area (Å²) < 4.78 is 30.7. The summed E-state index contributed by atoms with van der Waals surface area (Å²) in [5.41, 5.74) is 0. The van der Waals surface area contributed by atoms with E-state index >= 15 is 0 Å². The maximum absolute atomic E-state index is 13.0. The van der Waals surface area contributed by atoms with Gasteiger partial charge >= 0.3 is 23.1 Å². The molecule has 0 spiro atoms. The first-order valence-corrected chi connectivity index (χ1v) is 4.73. The fourth-order valence-electron chi connectivity index (χ4n) is 1.07. The van der Waals surface area contributed by atoms with Crippen LogP contribution < -0.4 is 21.7 Å². The van der Waals surface area contributed by atoms with Gasteiger partial charge < -0.3 is 21.7 Å². The molecule has 0 amide bonds. The molecule has 0 aromatic heterocycles. The van der Waals surface area contributed by atoms with E-state index in [9.17, 15) is 8.78 Å². The second-order valence-corrected chi connectivity index (χ2v) is 3.04. The molecule has 1 nitrogen and oxygen atoms in total. The maximum Gasteiger partial charge on any atom is 2.00 e. The molecule has 0 radical (unpaired) electrons. The van der Waals surface area contributed by atoms with Crippen LogP contribution in [0.5, 0.6) is 5.75 Å². The standard InChI is InChI=1S/C11H13F2O.BrH.Mg/c1-2-3-4-8-14-10-7-5-6-9(12)11(10)13;;/h6-7H,2-4,8H2,1H3;1H;/q-1;;+2/p-1. The van der Waals surface area contributed by atoms with Crippen LogP contribution >= 0.6 is 0 Å². The molecule has 0 aliphatic heterocycles. The molecule has 1 rings (SSSR count). The van der Waals surface area contributed by atoms with Crippen LogP contribution in [-0.2, 0) is 0 Å². The molecule has 0 bridgehead atoms. The van der Waals surface area contributed by atoms with E-state index in [1.165, 1.54) is 6.07 Å². The van der Waals surface area contributed by atoms with Crippen molar-refractivity contribution < 1.29 is 30.5 Å². The number of unbranched alkanes of at least 4 members (excludes halogenated alkanes) is 2. The van der Waals surface area contributed by atoms with Crippen LogP contribution in [0.15, 0.2) is 12.1 Å². The first-order chi connectivity index (χ1) is 6.75. The molecule has 0 fully saturated rings. The summed E-state index contributed by atoms with van der Waals surface area (Å²) in [6.07, 6.45) is 2.95. The zero-order valence-corrected chi connectivity index (χ0v) is 12.2. The summed E-state index contributed by atoms with van der Waals surface area (Å²) >= 11 is 0. The van der Waals surface area contributed by atoms with Crippen LogP contribution in [0.2, 0.25) is 0 Å². The Balaban J connectivity index is 0. The first-order valence-electron chi connectivity index (χ1n) is 4.73. The third-order valence-electron chi connectivity index (χ3n) is 1.86. The fourth-order valence-corrected chi connectivity index (χ4v) is 1.07. The van der Waals surface area contributed by atoms with Gasteiger partial charge in [0.15, 0.2) is 0 Å². The average Bonchev–Trinajstić information content (AvgIpc) is 2.19. The van der Waals surface area contributed by atoms with E-state index in [4.69, 9.17) is 4.74 Å². The van der Waals surface area contributed by atoms with Crippen molar-refractivity contribution in [2.45, 2.75) is 26.2 Å². The molecule has 1 aromatic carbocycles. The van der Waals surface area contributed by atoms with Gasteiger partial charge in [0, 0.05) is 11.6 Å². The minimum absolute atomic E-state index is 0. The van der Waals surface area contributed by atoms with Crippen LogP contribution in [0.3, 0.4) is 0 Å². The van der Waals surface area contributed by atoms with E-state index in [-0.39, 0.29) is 45.8 Å². The smallest absolute Gasteiger partial charge is 1.00 e. The Morgan fingerprint density at radius 3 is 2.56 bits per heavy atom. The molecule has 0 aliphatic carbocycles. The third kappa shape index (κ3) is 6.01. The fraction of sp³-hybridized carbons (Fsp3) is 0.455. The summed E-state index contributed by atoms with van der Waals surface area (Å²) in [7, 11) is 0. The topological polar surface area (TPSA) is 9.23 Å². The van der Waals surface area contributed by atoms with Gasteiger partial charge in [0.25, 0.3) is 0 Å². The zero-order valence-electron chi connectivity index (χ0n) is 9.23. The van der Waals surface area contributed by atoms with Crippen LogP contribution in [0, 0.1) is 17.7 Å². The SMILES string of the molecule is CCCCCOc1c[c-]cc(F)c1F.[Br-].[Mg+2]. The number of hydrogen-bond acceptors (Lipinski definition) is 1. The van der Waals surface area contributed by atoms with Crippen LogP contribution in [0.4, 0.5) is 8.78 Å². The Bertz CT molecular complexity index is 297. The summed E-state index contributed by atoms with van der Waals surface area (Å²) in [6.45, 7) is 2.48. The van der Waals surface area contributed by atoms with Crippen molar-refractivity contribution in [3.63, 3.8) is 0 Å². The Morgan fingerprint density at radius 2 is 1.94 bits per heavy atom. The number of hydrogen-bond donors (Lipinski definition) is 0. The van der Waals surface area contributed by atoms with E-state index in [0.29, 0.717) is 6.61 Å². The molecule has 1 aromatic rings. The molecular formula is C11H13BrF2MgO. The summed E-state index contributed by atoms with van der Waals surface area (Å²) in [4.78, 5) is 0. The summed E-state index contributed by atoms with van der Waals surface area (Å²) in [6, 6.07) is 4.73. The van der Waals surface area contributed by atoms with Gasteiger partial charge in [-0.2, -0.15) is 6.07 Å². The molecule has 0 saturated carbocycles. The van der Waals surface area contributed by atoms with Gasteiger partial charge in [0.05, 0.1) is 12.4 Å². The van der Waals surface area contributed by atoms with Gasteiger partial charge in [-0.15, -0.1) is 12.1 Å². The Morgan fingerprint density at radius 1 is 1.25 bits per heavy atom. The molecular weight excluding hydrogens is 290 g/mol. The van der Waals surface area contributed by atoms with Gasteiger partial charge in [0.2, 0.25) is 0 Å². The molecule has 0 N–H and O–H groups in total. The molecule has 0 unspecified atom stereocenters. The maximum atomic E-state index is 13.0. The van der Waals surface area contributed by atoms with E-state index in [1.54, 1.807) is 0 Å². The van der Waals surface area contributed by atoms with Crippen molar-refractivity contribution in [1.82, 2.24) is 0 Å². The minimum atomic E-state index is -0.930. The van der Waals surface area contributed by atoms with Crippen molar-refractivity contribution in [2.75, 3.05) is 6.61 Å². The third-order valence-corrected chi connectivity index (χ3v) is 1.86. The second-order valence-electron chi connectivity index (χ2n) is 3.04. The first kappa shape index (κ1) is 18.5. The molecule has 0 atom stereocenters. The van der Waals surface area contributed by atoms with Gasteiger partial charge in [-0.25, -0.2) is 4.39 Å². The van der Waals surface area contributed by atoms with Crippen LogP contribution in [-0.4, -0.2) is 29.7 Å². The molecule has 0 heterocycles. The van der Waals surface area contributed by atoms with Crippen molar-refractivity contribution in [3.05, 3.63) is 29.8 Å². The van der Waals surface area contributed by atoms with E-state index < -0.39 is 11.6 Å². The van der Waals surface area contributed by atoms with Gasteiger partial charge in [-0.1, -0.05) is 19.8 Å². The zero-order chi connectivity index (χ0) is 10.4. The molecule has 0 saturated heterocycles. The van der Waals surface area contributed by atoms with Gasteiger partial charge in [-0.3, -0.25) is 4.39 Å². The molecule has 5 heteroatoms. The van der Waals surface area contributed by atoms with Crippen LogP contribution in [0.25, 0.3) is 0 Å². The second kappa shape index (κ2) is 10.3. The Labute approximate surface area is 121 Å².